The minimum absolute atomic E-state index is 0.216. The van der Waals surface area contributed by atoms with Gasteiger partial charge in [0.2, 0.25) is 5.91 Å². The predicted octanol–water partition coefficient (Wildman–Crippen LogP) is 1.29. The van der Waals surface area contributed by atoms with Crippen LogP contribution >= 0.6 is 11.8 Å². The van der Waals surface area contributed by atoms with Crippen molar-refractivity contribution >= 4 is 17.7 Å². The smallest absolute Gasteiger partial charge is 0.238 e. The first-order valence-corrected chi connectivity index (χ1v) is 9.77. The molecule has 24 heavy (non-hydrogen) atoms. The Kier molecular flexibility index (Phi) is 4.05. The van der Waals surface area contributed by atoms with E-state index in [4.69, 9.17) is 9.72 Å². The Morgan fingerprint density at radius 1 is 1.42 bits per heavy atom. The first kappa shape index (κ1) is 16.3. The number of amides is 1. The summed E-state index contributed by atoms with van der Waals surface area (Å²) in [7, 11) is 2.06. The second kappa shape index (κ2) is 5.97. The van der Waals surface area contributed by atoms with Crippen molar-refractivity contribution in [1.82, 2.24) is 19.8 Å². The zero-order valence-corrected chi connectivity index (χ0v) is 15.3. The van der Waals surface area contributed by atoms with Crippen LogP contribution in [0.3, 0.4) is 0 Å². The molecule has 130 valence electrons. The molecule has 0 unspecified atom stereocenters. The number of fused-ring (bicyclic) bond motifs is 2. The third-order valence-electron chi connectivity index (χ3n) is 5.47. The molecule has 0 bridgehead atoms. The fourth-order valence-electron chi connectivity index (χ4n) is 4.36. The summed E-state index contributed by atoms with van der Waals surface area (Å²) in [6.45, 7) is 4.95. The van der Waals surface area contributed by atoms with Crippen LogP contribution in [0.15, 0.2) is 11.4 Å². The van der Waals surface area contributed by atoms with Crippen molar-refractivity contribution in [3.63, 3.8) is 0 Å². The van der Waals surface area contributed by atoms with Gasteiger partial charge in [-0.1, -0.05) is 11.8 Å². The first-order valence-electron chi connectivity index (χ1n) is 8.55. The number of likely N-dealkylation sites (N-methyl/N-ethyl adjacent to an activating group) is 1. The van der Waals surface area contributed by atoms with E-state index in [-0.39, 0.29) is 18.1 Å². The molecule has 4 rings (SSSR count). The number of carbonyl (C=O) groups is 1. The van der Waals surface area contributed by atoms with E-state index in [9.17, 15) is 4.79 Å². The first-order chi connectivity index (χ1) is 11.5. The number of aromatic nitrogens is 2. The molecule has 0 aliphatic carbocycles. The topological polar surface area (TPSA) is 58.6 Å². The largest absolute Gasteiger partial charge is 0.378 e. The third-order valence-corrected chi connectivity index (χ3v) is 6.03. The van der Waals surface area contributed by atoms with Crippen molar-refractivity contribution in [2.45, 2.75) is 49.0 Å². The zero-order chi connectivity index (χ0) is 16.9. The summed E-state index contributed by atoms with van der Waals surface area (Å²) in [5, 5.41) is 0.753. The van der Waals surface area contributed by atoms with Crippen molar-refractivity contribution in [3.05, 3.63) is 17.5 Å². The molecule has 1 amide bonds. The summed E-state index contributed by atoms with van der Waals surface area (Å²) >= 11 is 1.53. The Labute approximate surface area is 147 Å². The second-order valence-electron chi connectivity index (χ2n) is 7.28. The molecule has 3 aliphatic rings. The van der Waals surface area contributed by atoms with Crippen LogP contribution in [0.5, 0.6) is 0 Å². The molecular formula is C17H24N4O2S. The van der Waals surface area contributed by atoms with Gasteiger partial charge in [-0.3, -0.25) is 4.79 Å². The van der Waals surface area contributed by atoms with Crippen LogP contribution in [0.1, 0.15) is 31.0 Å². The molecule has 0 radical (unpaired) electrons. The second-order valence-corrected chi connectivity index (χ2v) is 8.05. The fourth-order valence-corrected chi connectivity index (χ4v) is 4.70. The van der Waals surface area contributed by atoms with E-state index in [2.05, 4.69) is 28.8 Å². The lowest BCUT2D eigenvalue weighted by molar-refractivity contribution is -0.152. The lowest BCUT2D eigenvalue weighted by atomic mass is 9.71. The van der Waals surface area contributed by atoms with Crippen LogP contribution in [0, 0.1) is 0 Å². The van der Waals surface area contributed by atoms with Gasteiger partial charge in [0.25, 0.3) is 0 Å². The maximum atomic E-state index is 13.4. The van der Waals surface area contributed by atoms with Crippen molar-refractivity contribution < 1.29 is 9.53 Å². The lowest BCUT2D eigenvalue weighted by Crippen LogP contribution is -2.69. The van der Waals surface area contributed by atoms with Gasteiger partial charge in [0.05, 0.1) is 11.8 Å². The molecule has 2 saturated heterocycles. The minimum Gasteiger partial charge on any atom is -0.378 e. The third kappa shape index (κ3) is 2.45. The molecule has 6 nitrogen and oxygen atoms in total. The van der Waals surface area contributed by atoms with Gasteiger partial charge in [-0.25, -0.2) is 9.97 Å². The molecule has 0 saturated carbocycles. The van der Waals surface area contributed by atoms with Crippen molar-refractivity contribution in [3.8, 4) is 0 Å². The number of ether oxygens (including phenoxy) is 1. The van der Waals surface area contributed by atoms with Gasteiger partial charge in [0.1, 0.15) is 5.41 Å². The quantitative estimate of drug-likeness (QED) is 0.593. The Morgan fingerprint density at radius 3 is 2.88 bits per heavy atom. The monoisotopic (exact) mass is 348 g/mol. The number of hydrogen-bond acceptors (Lipinski definition) is 6. The fraction of sp³-hybridized carbons (Fsp3) is 0.706. The lowest BCUT2D eigenvalue weighted by Gasteiger charge is -2.53. The summed E-state index contributed by atoms with van der Waals surface area (Å²) in [4.78, 5) is 26.9. The SMILES string of the molecule is CSc1ncc2c(n1)C1(CN(C)C1)C(=O)N([C@@H]1CCO[C@H](C)C1)C2. The van der Waals surface area contributed by atoms with E-state index >= 15 is 0 Å². The molecule has 0 N–H and O–H groups in total. The molecule has 1 spiro atoms. The minimum atomic E-state index is -0.475. The van der Waals surface area contributed by atoms with E-state index < -0.39 is 5.41 Å². The number of carbonyl (C=O) groups excluding carboxylic acids is 1. The number of hydrogen-bond donors (Lipinski definition) is 0. The molecule has 3 aliphatic heterocycles. The molecule has 2 fully saturated rings. The summed E-state index contributed by atoms with van der Waals surface area (Å²) in [5.74, 6) is 0.248. The number of rotatable bonds is 2. The van der Waals surface area contributed by atoms with Crippen LogP contribution in [0.25, 0.3) is 0 Å². The highest BCUT2D eigenvalue weighted by atomic mass is 32.2. The van der Waals surface area contributed by atoms with Gasteiger partial charge < -0.3 is 14.5 Å². The highest BCUT2D eigenvalue weighted by Crippen LogP contribution is 2.42. The molecule has 7 heteroatoms. The standard InChI is InChI=1S/C17H24N4O2S/c1-11-6-13(4-5-23-11)21-8-12-7-18-16(24-3)19-14(12)17(15(21)22)9-20(2)10-17/h7,11,13H,4-6,8-10H2,1-3H3/t11-,13-/m1/s1. The maximum Gasteiger partial charge on any atom is 0.238 e. The average molecular weight is 348 g/mol. The van der Waals surface area contributed by atoms with E-state index in [1.165, 1.54) is 11.8 Å². The van der Waals surface area contributed by atoms with E-state index in [1.807, 2.05) is 12.5 Å². The molecule has 1 aromatic rings. The molecule has 2 atom stereocenters. The number of nitrogens with zero attached hydrogens (tertiary/aromatic N) is 4. The molecule has 4 heterocycles. The van der Waals surface area contributed by atoms with Crippen molar-refractivity contribution in [2.75, 3.05) is 33.0 Å². The average Bonchev–Trinajstić information content (AvgIpc) is 2.55. The molecule has 1 aromatic heterocycles. The van der Waals surface area contributed by atoms with Gasteiger partial charge in [0, 0.05) is 44.0 Å². The highest BCUT2D eigenvalue weighted by molar-refractivity contribution is 7.98. The summed E-state index contributed by atoms with van der Waals surface area (Å²) in [5.41, 5.74) is 1.60. The Bertz CT molecular complexity index is 662. The highest BCUT2D eigenvalue weighted by Gasteiger charge is 2.56. The summed E-state index contributed by atoms with van der Waals surface area (Å²) in [6, 6.07) is 0.261. The maximum absolute atomic E-state index is 13.4. The summed E-state index contributed by atoms with van der Waals surface area (Å²) < 4.78 is 5.67. The van der Waals surface area contributed by atoms with Gasteiger partial charge in [-0.05, 0) is 33.1 Å². The van der Waals surface area contributed by atoms with Crippen molar-refractivity contribution in [2.24, 2.45) is 0 Å². The van der Waals surface area contributed by atoms with E-state index in [0.29, 0.717) is 6.54 Å². The van der Waals surface area contributed by atoms with Gasteiger partial charge in [-0.2, -0.15) is 0 Å². The predicted molar refractivity (Wildman–Crippen MR) is 92.0 cm³/mol. The Balaban J connectivity index is 1.72. The van der Waals surface area contributed by atoms with Crippen LogP contribution in [-0.4, -0.2) is 70.8 Å². The van der Waals surface area contributed by atoms with Gasteiger partial charge in [0.15, 0.2) is 5.16 Å². The Hall–Kier alpha value is -1.18. The number of thioether (sulfide) groups is 1. The van der Waals surface area contributed by atoms with Crippen molar-refractivity contribution in [1.29, 1.82) is 0 Å². The normalized spacial score (nSPS) is 29.5. The Morgan fingerprint density at radius 2 is 2.21 bits per heavy atom. The van der Waals surface area contributed by atoms with Crippen LogP contribution in [-0.2, 0) is 21.5 Å². The van der Waals surface area contributed by atoms with E-state index in [1.54, 1.807) is 0 Å². The zero-order valence-electron chi connectivity index (χ0n) is 14.5. The number of likely N-dealkylation sites (tertiary alicyclic amines) is 1. The molecular weight excluding hydrogens is 324 g/mol. The van der Waals surface area contributed by atoms with Gasteiger partial charge >= 0.3 is 0 Å². The summed E-state index contributed by atoms with van der Waals surface area (Å²) in [6.07, 6.45) is 5.95. The van der Waals surface area contributed by atoms with Crippen LogP contribution < -0.4 is 0 Å². The van der Waals surface area contributed by atoms with E-state index in [0.717, 1.165) is 49.0 Å². The van der Waals surface area contributed by atoms with Gasteiger partial charge in [-0.15, -0.1) is 0 Å². The van der Waals surface area contributed by atoms with Crippen LogP contribution in [0.4, 0.5) is 0 Å². The molecule has 0 aromatic carbocycles. The van der Waals surface area contributed by atoms with Crippen LogP contribution in [0.2, 0.25) is 0 Å².